The van der Waals surface area contributed by atoms with Crippen molar-refractivity contribution in [3.05, 3.63) is 46.2 Å². The highest BCUT2D eigenvalue weighted by molar-refractivity contribution is 5.60. The number of benzene rings is 1. The highest BCUT2D eigenvalue weighted by Crippen LogP contribution is 2.20. The van der Waals surface area contributed by atoms with Crippen molar-refractivity contribution in [2.45, 2.75) is 33.4 Å². The Bertz CT molecular complexity index is 633. The Morgan fingerprint density at radius 2 is 2.00 bits per heavy atom. The number of aromatic nitrogens is 2. The molecule has 0 spiro atoms. The van der Waals surface area contributed by atoms with Gasteiger partial charge >= 0.3 is 0 Å². The van der Waals surface area contributed by atoms with Crippen LogP contribution in [0, 0.1) is 0 Å². The monoisotopic (exact) mass is 287 g/mol. The van der Waals surface area contributed by atoms with Crippen molar-refractivity contribution in [1.29, 1.82) is 0 Å². The van der Waals surface area contributed by atoms with Crippen LogP contribution in [0.2, 0.25) is 0 Å². The minimum atomic E-state index is -0.155. The minimum absolute atomic E-state index is 0.155. The Morgan fingerprint density at radius 3 is 2.62 bits per heavy atom. The summed E-state index contributed by atoms with van der Waals surface area (Å²) in [5, 5.41) is 9.90. The molecule has 0 aliphatic heterocycles. The second-order valence-corrected chi connectivity index (χ2v) is 5.10. The van der Waals surface area contributed by atoms with E-state index in [0.29, 0.717) is 24.8 Å². The molecular weight excluding hydrogens is 266 g/mol. The van der Waals surface area contributed by atoms with E-state index in [1.165, 1.54) is 0 Å². The number of rotatable bonds is 6. The molecule has 0 saturated carbocycles. The lowest BCUT2D eigenvalue weighted by Gasteiger charge is -2.09. The number of nitrogens with one attached hydrogen (secondary N) is 2. The van der Waals surface area contributed by atoms with Crippen LogP contribution in [0.1, 0.15) is 26.3 Å². The van der Waals surface area contributed by atoms with Crippen molar-refractivity contribution >= 4 is 0 Å². The van der Waals surface area contributed by atoms with Crippen LogP contribution in [0.25, 0.3) is 11.3 Å². The normalized spacial score (nSPS) is 10.9. The molecule has 0 aliphatic carbocycles. The Balaban J connectivity index is 2.23. The van der Waals surface area contributed by atoms with E-state index < -0.39 is 0 Å². The van der Waals surface area contributed by atoms with E-state index in [0.717, 1.165) is 17.0 Å². The molecule has 2 N–H and O–H groups in total. The quantitative estimate of drug-likeness (QED) is 0.855. The lowest BCUT2D eigenvalue weighted by atomic mass is 10.1. The van der Waals surface area contributed by atoms with Crippen molar-refractivity contribution in [2.75, 3.05) is 6.61 Å². The molecule has 5 nitrogen and oxygen atoms in total. The van der Waals surface area contributed by atoms with Gasteiger partial charge in [-0.2, -0.15) is 5.10 Å². The van der Waals surface area contributed by atoms with Crippen molar-refractivity contribution in [1.82, 2.24) is 15.5 Å². The van der Waals surface area contributed by atoms with Gasteiger partial charge in [-0.15, -0.1) is 0 Å². The van der Waals surface area contributed by atoms with E-state index in [-0.39, 0.29) is 5.56 Å². The number of ether oxygens (including phenoxy) is 1. The van der Waals surface area contributed by atoms with Crippen molar-refractivity contribution in [3.63, 3.8) is 0 Å². The maximum Gasteiger partial charge on any atom is 0.268 e. The van der Waals surface area contributed by atoms with E-state index in [9.17, 15) is 4.79 Å². The van der Waals surface area contributed by atoms with Gasteiger partial charge in [0.25, 0.3) is 5.56 Å². The van der Waals surface area contributed by atoms with Gasteiger partial charge in [0.1, 0.15) is 5.75 Å². The van der Waals surface area contributed by atoms with Gasteiger partial charge in [-0.1, -0.05) is 13.8 Å². The van der Waals surface area contributed by atoms with Gasteiger partial charge < -0.3 is 10.1 Å². The van der Waals surface area contributed by atoms with E-state index in [4.69, 9.17) is 4.74 Å². The third kappa shape index (κ3) is 4.16. The fourth-order valence-corrected chi connectivity index (χ4v) is 1.93. The maximum absolute atomic E-state index is 11.8. The molecule has 0 radical (unpaired) electrons. The minimum Gasteiger partial charge on any atom is -0.494 e. The van der Waals surface area contributed by atoms with Gasteiger partial charge in [-0.05, 0) is 37.3 Å². The molecule has 5 heteroatoms. The van der Waals surface area contributed by atoms with Crippen LogP contribution in [0.5, 0.6) is 5.75 Å². The Labute approximate surface area is 124 Å². The van der Waals surface area contributed by atoms with Crippen LogP contribution >= 0.6 is 0 Å². The van der Waals surface area contributed by atoms with E-state index in [2.05, 4.69) is 15.5 Å². The van der Waals surface area contributed by atoms with Crippen LogP contribution in [-0.4, -0.2) is 22.8 Å². The van der Waals surface area contributed by atoms with Crippen molar-refractivity contribution in [2.24, 2.45) is 0 Å². The van der Waals surface area contributed by atoms with Gasteiger partial charge in [0.2, 0.25) is 0 Å². The molecule has 0 saturated heterocycles. The third-order valence-electron chi connectivity index (χ3n) is 3.04. The zero-order valence-electron chi connectivity index (χ0n) is 12.6. The average Bonchev–Trinajstić information content (AvgIpc) is 2.47. The fraction of sp³-hybridized carbons (Fsp3) is 0.375. The maximum atomic E-state index is 11.8. The first-order valence-corrected chi connectivity index (χ1v) is 7.15. The summed E-state index contributed by atoms with van der Waals surface area (Å²) in [6, 6.07) is 9.82. The fourth-order valence-electron chi connectivity index (χ4n) is 1.93. The lowest BCUT2D eigenvalue weighted by Crippen LogP contribution is -2.26. The molecular formula is C16H21N3O2. The van der Waals surface area contributed by atoms with E-state index in [1.807, 2.05) is 51.1 Å². The van der Waals surface area contributed by atoms with Gasteiger partial charge in [0.15, 0.2) is 0 Å². The Morgan fingerprint density at radius 1 is 1.29 bits per heavy atom. The zero-order valence-corrected chi connectivity index (χ0v) is 12.6. The summed E-state index contributed by atoms with van der Waals surface area (Å²) < 4.78 is 5.42. The first-order valence-electron chi connectivity index (χ1n) is 7.15. The van der Waals surface area contributed by atoms with Crippen LogP contribution in [0.15, 0.2) is 35.1 Å². The molecule has 0 aliphatic rings. The van der Waals surface area contributed by atoms with Crippen LogP contribution in [-0.2, 0) is 6.54 Å². The van der Waals surface area contributed by atoms with Gasteiger partial charge in [-0.25, -0.2) is 5.10 Å². The SMILES string of the molecule is CCOc1ccc(-c2cc(CNC(C)C)c(=O)[nH]n2)cc1. The Kier molecular flexibility index (Phi) is 5.11. The lowest BCUT2D eigenvalue weighted by molar-refractivity contribution is 0.340. The highest BCUT2D eigenvalue weighted by atomic mass is 16.5. The van der Waals surface area contributed by atoms with Crippen LogP contribution in [0.3, 0.4) is 0 Å². The predicted octanol–water partition coefficient (Wildman–Crippen LogP) is 2.33. The molecule has 0 bridgehead atoms. The summed E-state index contributed by atoms with van der Waals surface area (Å²) >= 11 is 0. The van der Waals surface area contributed by atoms with Crippen LogP contribution in [0.4, 0.5) is 0 Å². The van der Waals surface area contributed by atoms with Crippen LogP contribution < -0.4 is 15.6 Å². The number of hydrogen-bond acceptors (Lipinski definition) is 4. The molecule has 0 atom stereocenters. The number of H-pyrrole nitrogens is 1. The summed E-state index contributed by atoms with van der Waals surface area (Å²) in [5.41, 5.74) is 2.22. The largest absolute Gasteiger partial charge is 0.494 e. The smallest absolute Gasteiger partial charge is 0.268 e. The molecule has 0 unspecified atom stereocenters. The summed E-state index contributed by atoms with van der Waals surface area (Å²) in [7, 11) is 0. The predicted molar refractivity (Wildman–Crippen MR) is 83.4 cm³/mol. The second-order valence-electron chi connectivity index (χ2n) is 5.10. The average molecular weight is 287 g/mol. The zero-order chi connectivity index (χ0) is 15.2. The molecule has 1 heterocycles. The molecule has 21 heavy (non-hydrogen) atoms. The topological polar surface area (TPSA) is 67.0 Å². The summed E-state index contributed by atoms with van der Waals surface area (Å²) in [6.07, 6.45) is 0. The molecule has 0 amide bonds. The second kappa shape index (κ2) is 7.04. The summed E-state index contributed by atoms with van der Waals surface area (Å²) in [5.74, 6) is 0.826. The molecule has 2 aromatic rings. The van der Waals surface area contributed by atoms with Gasteiger partial charge in [0, 0.05) is 23.7 Å². The van der Waals surface area contributed by atoms with Crippen molar-refractivity contribution in [3.8, 4) is 17.0 Å². The van der Waals surface area contributed by atoms with E-state index in [1.54, 1.807) is 0 Å². The summed E-state index contributed by atoms with van der Waals surface area (Å²) in [6.45, 7) is 7.21. The van der Waals surface area contributed by atoms with Gasteiger partial charge in [-0.3, -0.25) is 4.79 Å². The number of hydrogen-bond donors (Lipinski definition) is 2. The molecule has 112 valence electrons. The Hall–Kier alpha value is -2.14. The third-order valence-corrected chi connectivity index (χ3v) is 3.04. The number of nitrogens with zero attached hydrogens (tertiary/aromatic N) is 1. The first-order chi connectivity index (χ1) is 10.1. The molecule has 0 fully saturated rings. The molecule has 1 aromatic carbocycles. The highest BCUT2D eigenvalue weighted by Gasteiger charge is 2.06. The van der Waals surface area contributed by atoms with Gasteiger partial charge in [0.05, 0.1) is 12.3 Å². The number of aromatic amines is 1. The first kappa shape index (κ1) is 15.3. The van der Waals surface area contributed by atoms with E-state index >= 15 is 0 Å². The van der Waals surface area contributed by atoms with Crippen molar-refractivity contribution < 1.29 is 4.74 Å². The molecule has 2 rings (SSSR count). The summed E-state index contributed by atoms with van der Waals surface area (Å²) in [4.78, 5) is 11.8. The standard InChI is InChI=1S/C16H21N3O2/c1-4-21-14-7-5-12(6-8-14)15-9-13(10-17-11(2)3)16(20)19-18-15/h5-9,11,17H,4,10H2,1-3H3,(H,19,20). The molecule has 1 aromatic heterocycles.